The molecule has 10 heteroatoms. The number of para-hydroxylation sites is 2. The maximum absolute atomic E-state index is 13.1. The molecule has 9 nitrogen and oxygen atoms in total. The number of ether oxygens (including phenoxy) is 2. The number of nitro groups is 1. The first-order chi connectivity index (χ1) is 16.3. The summed E-state index contributed by atoms with van der Waals surface area (Å²) in [6.45, 7) is -0.590. The lowest BCUT2D eigenvalue weighted by Crippen LogP contribution is -2.22. The number of carbonyl (C=O) groups excluding carboxylic acids is 3. The number of rotatable bonds is 9. The summed E-state index contributed by atoms with van der Waals surface area (Å²) in [4.78, 5) is 49.2. The highest BCUT2D eigenvalue weighted by molar-refractivity contribution is 7.98. The van der Waals surface area contributed by atoms with Crippen LogP contribution in [0.2, 0.25) is 0 Å². The van der Waals surface area contributed by atoms with E-state index in [-0.39, 0.29) is 22.4 Å². The van der Waals surface area contributed by atoms with Crippen LogP contribution < -0.4 is 10.1 Å². The lowest BCUT2D eigenvalue weighted by atomic mass is 9.98. The Kier molecular flexibility index (Phi) is 7.99. The number of nitrogens with one attached hydrogen (secondary N) is 1. The van der Waals surface area contributed by atoms with Gasteiger partial charge in [-0.1, -0.05) is 30.3 Å². The van der Waals surface area contributed by atoms with Crippen molar-refractivity contribution in [3.63, 3.8) is 0 Å². The molecular formula is C24H20N2O7S. The van der Waals surface area contributed by atoms with Gasteiger partial charge in [-0.3, -0.25) is 19.7 Å². The molecule has 0 fully saturated rings. The monoisotopic (exact) mass is 480 g/mol. The molecule has 0 heterocycles. The van der Waals surface area contributed by atoms with Gasteiger partial charge in [-0.05, 0) is 36.6 Å². The molecule has 3 aromatic carbocycles. The molecule has 0 atom stereocenters. The minimum Gasteiger partial charge on any atom is -0.495 e. The zero-order valence-corrected chi connectivity index (χ0v) is 19.1. The molecule has 0 aliphatic heterocycles. The van der Waals surface area contributed by atoms with Crippen LogP contribution in [0.15, 0.2) is 71.6 Å². The van der Waals surface area contributed by atoms with E-state index < -0.39 is 29.2 Å². The summed E-state index contributed by atoms with van der Waals surface area (Å²) >= 11 is 1.19. The van der Waals surface area contributed by atoms with E-state index in [0.29, 0.717) is 16.3 Å². The van der Waals surface area contributed by atoms with Crippen molar-refractivity contribution in [2.45, 2.75) is 4.90 Å². The van der Waals surface area contributed by atoms with Gasteiger partial charge >= 0.3 is 5.97 Å². The summed E-state index contributed by atoms with van der Waals surface area (Å²) in [6, 6.07) is 16.8. The Morgan fingerprint density at radius 3 is 2.35 bits per heavy atom. The summed E-state index contributed by atoms with van der Waals surface area (Å²) in [6.07, 6.45) is 1.69. The Morgan fingerprint density at radius 2 is 1.68 bits per heavy atom. The topological polar surface area (TPSA) is 125 Å². The number of nitro benzene ring substituents is 1. The van der Waals surface area contributed by atoms with Crippen molar-refractivity contribution in [1.29, 1.82) is 0 Å². The van der Waals surface area contributed by atoms with Gasteiger partial charge in [0.1, 0.15) is 5.75 Å². The van der Waals surface area contributed by atoms with Gasteiger partial charge in [0.25, 0.3) is 11.6 Å². The number of ketones is 1. The predicted molar refractivity (Wildman–Crippen MR) is 127 cm³/mol. The molecule has 34 heavy (non-hydrogen) atoms. The predicted octanol–water partition coefficient (Wildman–Crippen LogP) is 4.35. The minimum absolute atomic E-state index is 0.00355. The van der Waals surface area contributed by atoms with Gasteiger partial charge < -0.3 is 14.8 Å². The minimum atomic E-state index is -0.880. The number of nitrogens with zero attached hydrogens (tertiary/aromatic N) is 1. The van der Waals surface area contributed by atoms with Crippen LogP contribution in [0.4, 0.5) is 11.4 Å². The largest absolute Gasteiger partial charge is 0.495 e. The number of carbonyl (C=O) groups is 3. The van der Waals surface area contributed by atoms with E-state index >= 15 is 0 Å². The molecule has 0 saturated carbocycles. The van der Waals surface area contributed by atoms with E-state index in [9.17, 15) is 24.5 Å². The maximum atomic E-state index is 13.1. The van der Waals surface area contributed by atoms with Crippen molar-refractivity contribution < 1.29 is 28.8 Å². The molecule has 1 N–H and O–H groups in total. The molecule has 0 aromatic heterocycles. The van der Waals surface area contributed by atoms with Crippen LogP contribution in [0.3, 0.4) is 0 Å². The van der Waals surface area contributed by atoms with Crippen LogP contribution in [0.1, 0.15) is 26.3 Å². The fraction of sp³-hybridized carbons (Fsp3) is 0.125. The average molecular weight is 480 g/mol. The Morgan fingerprint density at radius 1 is 1.00 bits per heavy atom. The Labute approximate surface area is 199 Å². The maximum Gasteiger partial charge on any atom is 0.339 e. The molecule has 1 amide bonds. The van der Waals surface area contributed by atoms with Crippen molar-refractivity contribution in [3.8, 4) is 5.75 Å². The molecule has 0 radical (unpaired) electrons. The van der Waals surface area contributed by atoms with Crippen LogP contribution in [-0.2, 0) is 9.53 Å². The molecule has 3 rings (SSSR count). The Hall–Kier alpha value is -4.18. The molecular weight excluding hydrogens is 460 g/mol. The molecule has 0 unspecified atom stereocenters. The standard InChI is InChI=1S/C24H20N2O7S/c1-32-20-10-6-5-9-18(20)25-22(27)14-33-24(29)17-8-4-3-7-16(17)23(28)15-11-12-21(34-2)19(13-15)26(30)31/h3-13H,14H2,1-2H3,(H,25,27). The van der Waals surface area contributed by atoms with E-state index in [2.05, 4.69) is 5.32 Å². The highest BCUT2D eigenvalue weighted by Crippen LogP contribution is 2.29. The van der Waals surface area contributed by atoms with E-state index in [1.807, 2.05) is 0 Å². The van der Waals surface area contributed by atoms with Gasteiger partial charge in [0.05, 0.1) is 28.2 Å². The highest BCUT2D eigenvalue weighted by Gasteiger charge is 2.23. The first-order valence-electron chi connectivity index (χ1n) is 9.91. The van der Waals surface area contributed by atoms with Crippen LogP contribution in [0.25, 0.3) is 0 Å². The van der Waals surface area contributed by atoms with Crippen LogP contribution in [-0.4, -0.2) is 42.6 Å². The number of thioether (sulfide) groups is 1. The fourth-order valence-electron chi connectivity index (χ4n) is 3.13. The van der Waals surface area contributed by atoms with Gasteiger partial charge in [0.15, 0.2) is 12.4 Å². The second-order valence-electron chi connectivity index (χ2n) is 6.84. The highest BCUT2D eigenvalue weighted by atomic mass is 32.2. The first kappa shape index (κ1) is 24.5. The summed E-state index contributed by atoms with van der Waals surface area (Å²) in [5.41, 5.74) is 0.208. The molecule has 0 bridgehead atoms. The molecule has 0 aliphatic carbocycles. The number of amides is 1. The van der Waals surface area contributed by atoms with Gasteiger partial charge in [-0.2, -0.15) is 0 Å². The number of hydrogen-bond acceptors (Lipinski definition) is 8. The molecule has 0 saturated heterocycles. The van der Waals surface area contributed by atoms with E-state index in [4.69, 9.17) is 9.47 Å². The third-order valence-corrected chi connectivity index (χ3v) is 5.53. The number of anilines is 1. The molecule has 0 aliphatic rings. The smallest absolute Gasteiger partial charge is 0.339 e. The lowest BCUT2D eigenvalue weighted by molar-refractivity contribution is -0.387. The van der Waals surface area contributed by atoms with Crippen molar-refractivity contribution in [2.75, 3.05) is 25.3 Å². The summed E-state index contributed by atoms with van der Waals surface area (Å²) in [7, 11) is 1.46. The quantitative estimate of drug-likeness (QED) is 0.158. The number of methoxy groups -OCH3 is 1. The van der Waals surface area contributed by atoms with E-state index in [1.54, 1.807) is 42.7 Å². The SMILES string of the molecule is COc1ccccc1NC(=O)COC(=O)c1ccccc1C(=O)c1ccc(SC)c([N+](=O)[O-])c1. The van der Waals surface area contributed by atoms with Crippen molar-refractivity contribution >= 4 is 40.8 Å². The van der Waals surface area contributed by atoms with Crippen LogP contribution in [0.5, 0.6) is 5.75 Å². The van der Waals surface area contributed by atoms with Gasteiger partial charge in [-0.15, -0.1) is 11.8 Å². The van der Waals surface area contributed by atoms with Crippen molar-refractivity contribution in [2.24, 2.45) is 0 Å². The average Bonchev–Trinajstić information content (AvgIpc) is 2.86. The summed E-state index contributed by atoms with van der Waals surface area (Å²) in [5, 5.41) is 13.9. The van der Waals surface area contributed by atoms with Gasteiger partial charge in [-0.25, -0.2) is 4.79 Å². The van der Waals surface area contributed by atoms with Crippen molar-refractivity contribution in [1.82, 2.24) is 0 Å². The van der Waals surface area contributed by atoms with E-state index in [0.717, 1.165) is 0 Å². The fourth-order valence-corrected chi connectivity index (χ4v) is 3.68. The van der Waals surface area contributed by atoms with Gasteiger partial charge in [0, 0.05) is 17.2 Å². The third kappa shape index (κ3) is 5.59. The Bertz CT molecular complexity index is 1260. The van der Waals surface area contributed by atoms with Crippen molar-refractivity contribution in [3.05, 3.63) is 93.5 Å². The second-order valence-corrected chi connectivity index (χ2v) is 7.69. The van der Waals surface area contributed by atoms with Crippen LogP contribution in [0, 0.1) is 10.1 Å². The van der Waals surface area contributed by atoms with E-state index in [1.165, 1.54) is 49.2 Å². The molecule has 0 spiro atoms. The Balaban J connectivity index is 1.76. The molecule has 3 aromatic rings. The normalized spacial score (nSPS) is 10.3. The lowest BCUT2D eigenvalue weighted by Gasteiger charge is -2.11. The zero-order valence-electron chi connectivity index (χ0n) is 18.3. The summed E-state index contributed by atoms with van der Waals surface area (Å²) < 4.78 is 10.3. The van der Waals surface area contributed by atoms with Crippen LogP contribution >= 0.6 is 11.8 Å². The zero-order chi connectivity index (χ0) is 24.7. The molecule has 174 valence electrons. The second kappa shape index (κ2) is 11.1. The first-order valence-corrected chi connectivity index (χ1v) is 11.1. The third-order valence-electron chi connectivity index (χ3n) is 4.74. The van der Waals surface area contributed by atoms with Gasteiger partial charge in [0.2, 0.25) is 0 Å². The number of hydrogen-bond donors (Lipinski definition) is 1. The number of benzene rings is 3. The summed E-state index contributed by atoms with van der Waals surface area (Å²) in [5.74, 6) is -1.61. The number of esters is 1.